The van der Waals surface area contributed by atoms with Crippen molar-refractivity contribution in [1.82, 2.24) is 0 Å². The first kappa shape index (κ1) is 18.6. The number of hydrogen-bond acceptors (Lipinski definition) is 4. The molecule has 4 aliphatic rings. The van der Waals surface area contributed by atoms with Crippen molar-refractivity contribution < 1.29 is 19.1 Å². The van der Waals surface area contributed by atoms with E-state index in [0.29, 0.717) is 35.9 Å². The van der Waals surface area contributed by atoms with Gasteiger partial charge >= 0.3 is 6.16 Å². The predicted octanol–water partition coefficient (Wildman–Crippen LogP) is 4.67. The van der Waals surface area contributed by atoms with E-state index < -0.39 is 11.8 Å². The van der Waals surface area contributed by atoms with E-state index in [1.165, 1.54) is 12.7 Å². The molecule has 6 atom stereocenters. The number of ketones is 1. The molecular weight excluding hydrogens is 340 g/mol. The second kappa shape index (κ2) is 6.69. The molecule has 4 heteroatoms. The SMILES string of the molecule is C#C[C@]1(OC(=O)OC)CCC2C3CCC4=CC(=O)CCC4C3CC[C@@]21CC. The first-order chi connectivity index (χ1) is 13.0. The number of allylic oxidation sites excluding steroid dienone is 1. The Labute approximate surface area is 162 Å². The lowest BCUT2D eigenvalue weighted by Crippen LogP contribution is -2.55. The van der Waals surface area contributed by atoms with Crippen LogP contribution in [0.1, 0.15) is 64.7 Å². The molecule has 0 N–H and O–H groups in total. The van der Waals surface area contributed by atoms with Crippen molar-refractivity contribution in [1.29, 1.82) is 0 Å². The van der Waals surface area contributed by atoms with Crippen molar-refractivity contribution in [2.24, 2.45) is 29.1 Å². The van der Waals surface area contributed by atoms with Gasteiger partial charge in [0.05, 0.1) is 7.11 Å². The number of fused-ring (bicyclic) bond motifs is 5. The minimum absolute atomic E-state index is 0.150. The van der Waals surface area contributed by atoms with Gasteiger partial charge in [0.15, 0.2) is 11.4 Å². The molecule has 0 heterocycles. The fraction of sp³-hybridized carbons (Fsp3) is 0.739. The quantitative estimate of drug-likeness (QED) is 0.523. The third-order valence-corrected chi connectivity index (χ3v) is 8.41. The third kappa shape index (κ3) is 2.57. The summed E-state index contributed by atoms with van der Waals surface area (Å²) in [5, 5.41) is 0. The Morgan fingerprint density at radius 3 is 2.74 bits per heavy atom. The molecular formula is C23H30O4. The number of methoxy groups -OCH3 is 1. The normalized spacial score (nSPS) is 42.9. The molecule has 0 aromatic rings. The lowest BCUT2D eigenvalue weighted by Gasteiger charge is -2.56. The van der Waals surface area contributed by atoms with E-state index in [1.807, 2.05) is 6.08 Å². The van der Waals surface area contributed by atoms with Gasteiger partial charge in [-0.15, -0.1) is 6.42 Å². The zero-order valence-corrected chi connectivity index (χ0v) is 16.5. The van der Waals surface area contributed by atoms with Crippen molar-refractivity contribution in [3.8, 4) is 12.3 Å². The fourth-order valence-corrected chi connectivity index (χ4v) is 7.30. The summed E-state index contributed by atoms with van der Waals surface area (Å²) >= 11 is 0. The Bertz CT molecular complexity index is 716. The maximum Gasteiger partial charge on any atom is 0.509 e. The Morgan fingerprint density at radius 2 is 2.04 bits per heavy atom. The lowest BCUT2D eigenvalue weighted by atomic mass is 9.49. The van der Waals surface area contributed by atoms with Crippen molar-refractivity contribution in [2.75, 3.05) is 7.11 Å². The standard InChI is InChI=1S/C23H30O4/c1-4-22-12-10-18-17-9-7-16(24)14-15(17)6-8-19(18)20(22)11-13-23(22,5-2)27-21(25)26-3/h2,14,17-20H,4,6-13H2,1,3H3/t17?,18?,19?,20?,22-,23-/m0/s1. The van der Waals surface area contributed by atoms with E-state index in [-0.39, 0.29) is 5.41 Å². The van der Waals surface area contributed by atoms with Gasteiger partial charge in [0.1, 0.15) is 0 Å². The summed E-state index contributed by atoms with van der Waals surface area (Å²) in [7, 11) is 1.34. The highest BCUT2D eigenvalue weighted by molar-refractivity contribution is 5.91. The molecule has 3 saturated carbocycles. The molecule has 27 heavy (non-hydrogen) atoms. The molecule has 4 unspecified atom stereocenters. The molecule has 0 aliphatic heterocycles. The van der Waals surface area contributed by atoms with Gasteiger partial charge in [-0.05, 0) is 81.1 Å². The van der Waals surface area contributed by atoms with Gasteiger partial charge in [-0.25, -0.2) is 4.79 Å². The van der Waals surface area contributed by atoms with Gasteiger partial charge in [-0.1, -0.05) is 18.4 Å². The average Bonchev–Trinajstić information content (AvgIpc) is 3.02. The molecule has 4 aliphatic carbocycles. The number of ether oxygens (including phenoxy) is 2. The van der Waals surface area contributed by atoms with Crippen molar-refractivity contribution in [3.63, 3.8) is 0 Å². The van der Waals surface area contributed by atoms with Gasteiger partial charge in [0.2, 0.25) is 0 Å². The largest absolute Gasteiger partial charge is 0.509 e. The number of terminal acetylenes is 1. The van der Waals surface area contributed by atoms with Crippen LogP contribution in [0.3, 0.4) is 0 Å². The molecule has 0 radical (unpaired) electrons. The summed E-state index contributed by atoms with van der Waals surface area (Å²) in [6, 6.07) is 0. The van der Waals surface area contributed by atoms with Crippen LogP contribution in [0.2, 0.25) is 0 Å². The van der Waals surface area contributed by atoms with Crippen molar-refractivity contribution >= 4 is 11.9 Å². The monoisotopic (exact) mass is 370 g/mol. The first-order valence-corrected chi connectivity index (χ1v) is 10.5. The van der Waals surface area contributed by atoms with Crippen LogP contribution in [0, 0.1) is 41.4 Å². The summed E-state index contributed by atoms with van der Waals surface area (Å²) in [5.41, 5.74) is 0.398. The summed E-state index contributed by atoms with van der Waals surface area (Å²) in [6.07, 6.45) is 15.9. The summed E-state index contributed by atoms with van der Waals surface area (Å²) in [5.74, 6) is 5.53. The fourth-order valence-electron chi connectivity index (χ4n) is 7.30. The van der Waals surface area contributed by atoms with Crippen LogP contribution in [-0.4, -0.2) is 24.6 Å². The Morgan fingerprint density at radius 1 is 1.22 bits per heavy atom. The molecule has 146 valence electrons. The number of hydrogen-bond donors (Lipinski definition) is 0. The van der Waals surface area contributed by atoms with Gasteiger partial charge in [0.25, 0.3) is 0 Å². The Balaban J connectivity index is 1.66. The van der Waals surface area contributed by atoms with E-state index in [9.17, 15) is 9.59 Å². The highest BCUT2D eigenvalue weighted by Gasteiger charge is 2.66. The number of carbonyl (C=O) groups excluding carboxylic acids is 2. The Hall–Kier alpha value is -1.76. The smallest absolute Gasteiger partial charge is 0.438 e. The second-order valence-electron chi connectivity index (χ2n) is 8.92. The zero-order valence-electron chi connectivity index (χ0n) is 16.5. The van der Waals surface area contributed by atoms with Crippen LogP contribution < -0.4 is 0 Å². The van der Waals surface area contributed by atoms with E-state index in [0.717, 1.165) is 51.4 Å². The van der Waals surface area contributed by atoms with E-state index >= 15 is 0 Å². The minimum atomic E-state index is -0.844. The van der Waals surface area contributed by atoms with E-state index in [2.05, 4.69) is 12.8 Å². The van der Waals surface area contributed by atoms with Crippen LogP contribution in [0.25, 0.3) is 0 Å². The minimum Gasteiger partial charge on any atom is -0.438 e. The summed E-state index contributed by atoms with van der Waals surface area (Å²) in [4.78, 5) is 23.8. The van der Waals surface area contributed by atoms with Crippen LogP contribution >= 0.6 is 0 Å². The molecule has 0 aromatic carbocycles. The molecule has 4 nitrogen and oxygen atoms in total. The van der Waals surface area contributed by atoms with Gasteiger partial charge in [-0.2, -0.15) is 0 Å². The summed E-state index contributed by atoms with van der Waals surface area (Å²) in [6.45, 7) is 2.19. The van der Waals surface area contributed by atoms with Crippen LogP contribution in [0.5, 0.6) is 0 Å². The maximum atomic E-state index is 12.0. The predicted molar refractivity (Wildman–Crippen MR) is 102 cm³/mol. The molecule has 3 fully saturated rings. The van der Waals surface area contributed by atoms with Crippen LogP contribution in [0.15, 0.2) is 11.6 Å². The third-order valence-electron chi connectivity index (χ3n) is 8.41. The zero-order chi connectivity index (χ0) is 19.2. The van der Waals surface area contributed by atoms with Gasteiger partial charge in [0, 0.05) is 11.8 Å². The number of carbonyl (C=O) groups is 2. The molecule has 0 spiro atoms. The maximum absolute atomic E-state index is 12.0. The molecule has 0 aromatic heterocycles. The van der Waals surface area contributed by atoms with Crippen molar-refractivity contribution in [2.45, 2.75) is 70.3 Å². The van der Waals surface area contributed by atoms with E-state index in [4.69, 9.17) is 15.9 Å². The first-order valence-electron chi connectivity index (χ1n) is 10.5. The lowest BCUT2D eigenvalue weighted by molar-refractivity contribution is -0.119. The average molecular weight is 370 g/mol. The molecule has 0 saturated heterocycles. The van der Waals surface area contributed by atoms with E-state index in [1.54, 1.807) is 0 Å². The van der Waals surface area contributed by atoms with Crippen molar-refractivity contribution in [3.05, 3.63) is 11.6 Å². The molecule has 0 bridgehead atoms. The highest BCUT2D eigenvalue weighted by atomic mass is 16.7. The Kier molecular flexibility index (Phi) is 4.61. The van der Waals surface area contributed by atoms with Gasteiger partial charge in [-0.3, -0.25) is 4.79 Å². The van der Waals surface area contributed by atoms with Gasteiger partial charge < -0.3 is 9.47 Å². The van der Waals surface area contributed by atoms with Crippen LogP contribution in [-0.2, 0) is 14.3 Å². The summed E-state index contributed by atoms with van der Waals surface area (Å²) < 4.78 is 10.6. The molecule has 4 rings (SSSR count). The highest BCUT2D eigenvalue weighted by Crippen LogP contribution is 2.67. The number of rotatable bonds is 2. The second-order valence-corrected chi connectivity index (χ2v) is 8.92. The topological polar surface area (TPSA) is 52.6 Å². The molecule has 0 amide bonds. The van der Waals surface area contributed by atoms with Crippen LogP contribution in [0.4, 0.5) is 4.79 Å².